The molecule has 1 aromatic heterocycles. The van der Waals surface area contributed by atoms with Crippen LogP contribution in [0.15, 0.2) is 28.8 Å². The molecule has 0 spiro atoms. The summed E-state index contributed by atoms with van der Waals surface area (Å²) in [5.74, 6) is -1.18. The highest BCUT2D eigenvalue weighted by Gasteiger charge is 2.24. The summed E-state index contributed by atoms with van der Waals surface area (Å²) in [4.78, 5) is 24.2. The van der Waals surface area contributed by atoms with Crippen molar-refractivity contribution in [2.75, 3.05) is 5.32 Å². The molecule has 0 aliphatic rings. The number of nitrogens with zero attached hydrogens (tertiary/aromatic N) is 1. The molecule has 6 nitrogen and oxygen atoms in total. The smallest absolute Gasteiger partial charge is 0.340 e. The van der Waals surface area contributed by atoms with E-state index in [2.05, 4.69) is 10.5 Å². The van der Waals surface area contributed by atoms with Gasteiger partial charge in [0.1, 0.15) is 11.6 Å². The monoisotopic (exact) mass is 340 g/mol. The molecule has 8 heteroatoms. The van der Waals surface area contributed by atoms with E-state index >= 15 is 0 Å². The van der Waals surface area contributed by atoms with Gasteiger partial charge in [0, 0.05) is 6.07 Å². The first kappa shape index (κ1) is 17.0. The van der Waals surface area contributed by atoms with Gasteiger partial charge in [0.2, 0.25) is 0 Å². The number of halogens is 2. The first-order chi connectivity index (χ1) is 10.9. The maximum absolute atomic E-state index is 13.0. The third-order valence-corrected chi connectivity index (χ3v) is 3.26. The number of aryl methyl sites for hydroxylation is 1. The second-order valence-electron chi connectivity index (χ2n) is 4.74. The van der Waals surface area contributed by atoms with E-state index in [1.807, 2.05) is 0 Å². The van der Waals surface area contributed by atoms with Crippen molar-refractivity contribution >= 4 is 29.3 Å². The zero-order chi connectivity index (χ0) is 17.0. The van der Waals surface area contributed by atoms with Gasteiger partial charge in [-0.1, -0.05) is 23.7 Å². The average molecular weight is 341 g/mol. The Morgan fingerprint density at radius 2 is 2.17 bits per heavy atom. The van der Waals surface area contributed by atoms with Crippen LogP contribution in [0.5, 0.6) is 0 Å². The van der Waals surface area contributed by atoms with Gasteiger partial charge in [0.25, 0.3) is 5.91 Å². The van der Waals surface area contributed by atoms with Gasteiger partial charge in [-0.15, -0.1) is 0 Å². The van der Waals surface area contributed by atoms with Gasteiger partial charge in [-0.2, -0.15) is 0 Å². The Morgan fingerprint density at radius 1 is 1.43 bits per heavy atom. The summed E-state index contributed by atoms with van der Waals surface area (Å²) in [6.07, 6.45) is -0.798. The Labute approximate surface area is 136 Å². The number of esters is 1. The number of amides is 1. The van der Waals surface area contributed by atoms with E-state index in [4.69, 9.17) is 20.9 Å². The molecule has 0 fully saturated rings. The number of benzene rings is 1. The summed E-state index contributed by atoms with van der Waals surface area (Å²) in [5.41, 5.74) is -0.0170. The molecule has 0 radical (unpaired) electrons. The molecule has 1 N–H and O–H groups in total. The highest BCUT2D eigenvalue weighted by molar-refractivity contribution is 6.33. The molecule has 0 aliphatic carbocycles. The fraction of sp³-hybridized carbons (Fsp3) is 0.267. The minimum absolute atomic E-state index is 0.0170. The third-order valence-electron chi connectivity index (χ3n) is 2.94. The van der Waals surface area contributed by atoms with Crippen molar-refractivity contribution in [3.05, 3.63) is 46.4 Å². The Hall–Kier alpha value is -2.41. The van der Waals surface area contributed by atoms with Crippen LogP contribution in [0.3, 0.4) is 0 Å². The standard InChI is InChI=1S/C15H14ClFN2O4/c1-3-12(14(20)18-13-6-8(2)23-19-13)22-15(21)10-5-4-9(17)7-11(10)16/h4-7,12H,3H2,1-2H3,(H,18,19,20). The average Bonchev–Trinajstić information content (AvgIpc) is 2.89. The van der Waals surface area contributed by atoms with E-state index < -0.39 is 23.8 Å². The van der Waals surface area contributed by atoms with Gasteiger partial charge < -0.3 is 14.6 Å². The van der Waals surface area contributed by atoms with Gasteiger partial charge in [-0.05, 0) is 31.5 Å². The van der Waals surface area contributed by atoms with Gasteiger partial charge in [0.15, 0.2) is 11.9 Å². The van der Waals surface area contributed by atoms with Crippen LogP contribution in [0.2, 0.25) is 5.02 Å². The summed E-state index contributed by atoms with van der Waals surface area (Å²) < 4.78 is 23.0. The Kier molecular flexibility index (Phi) is 5.33. The number of aromatic nitrogens is 1. The lowest BCUT2D eigenvalue weighted by Crippen LogP contribution is -2.32. The largest absolute Gasteiger partial charge is 0.449 e. The van der Waals surface area contributed by atoms with Crippen LogP contribution in [-0.2, 0) is 9.53 Å². The van der Waals surface area contributed by atoms with Crippen LogP contribution in [0.25, 0.3) is 0 Å². The second kappa shape index (κ2) is 7.23. The molecule has 23 heavy (non-hydrogen) atoms. The van der Waals surface area contributed by atoms with Gasteiger partial charge >= 0.3 is 5.97 Å². The van der Waals surface area contributed by atoms with E-state index in [-0.39, 0.29) is 22.8 Å². The van der Waals surface area contributed by atoms with Crippen LogP contribution in [0.4, 0.5) is 10.2 Å². The van der Waals surface area contributed by atoms with E-state index in [1.54, 1.807) is 13.8 Å². The highest BCUT2D eigenvalue weighted by Crippen LogP contribution is 2.19. The zero-order valence-corrected chi connectivity index (χ0v) is 13.2. The van der Waals surface area contributed by atoms with Crippen LogP contribution in [0.1, 0.15) is 29.5 Å². The topological polar surface area (TPSA) is 81.4 Å². The molecule has 1 aromatic carbocycles. The Bertz CT molecular complexity index is 732. The Balaban J connectivity index is 2.05. The lowest BCUT2D eigenvalue weighted by molar-refractivity contribution is -0.124. The molecule has 1 unspecified atom stereocenters. The van der Waals surface area contributed by atoms with Crippen molar-refractivity contribution < 1.29 is 23.2 Å². The molecular formula is C15H14ClFN2O4. The van der Waals surface area contributed by atoms with Gasteiger partial charge in [-0.25, -0.2) is 9.18 Å². The van der Waals surface area contributed by atoms with Crippen molar-refractivity contribution in [2.45, 2.75) is 26.4 Å². The predicted molar refractivity (Wildman–Crippen MR) is 80.8 cm³/mol. The third kappa shape index (κ3) is 4.29. The number of ether oxygens (including phenoxy) is 1. The molecule has 1 amide bonds. The normalized spacial score (nSPS) is 11.8. The minimum Gasteiger partial charge on any atom is -0.449 e. The van der Waals surface area contributed by atoms with Crippen LogP contribution >= 0.6 is 11.6 Å². The van der Waals surface area contributed by atoms with E-state index in [0.717, 1.165) is 12.1 Å². The number of rotatable bonds is 5. The molecule has 2 aromatic rings. The quantitative estimate of drug-likeness (QED) is 0.844. The first-order valence-electron chi connectivity index (χ1n) is 6.81. The SMILES string of the molecule is CCC(OC(=O)c1ccc(F)cc1Cl)C(=O)Nc1cc(C)on1. The van der Waals surface area contributed by atoms with Crippen molar-refractivity contribution in [1.29, 1.82) is 0 Å². The molecule has 1 atom stereocenters. The molecule has 2 rings (SSSR count). The molecule has 0 saturated heterocycles. The Morgan fingerprint density at radius 3 is 2.74 bits per heavy atom. The highest BCUT2D eigenvalue weighted by atomic mass is 35.5. The summed E-state index contributed by atoms with van der Waals surface area (Å²) in [7, 11) is 0. The lowest BCUT2D eigenvalue weighted by atomic mass is 10.2. The van der Waals surface area contributed by atoms with Crippen molar-refractivity contribution in [2.24, 2.45) is 0 Å². The molecule has 0 saturated carbocycles. The van der Waals surface area contributed by atoms with Crippen molar-refractivity contribution in [3.63, 3.8) is 0 Å². The fourth-order valence-corrected chi connectivity index (χ4v) is 2.05. The van der Waals surface area contributed by atoms with E-state index in [1.165, 1.54) is 12.1 Å². The molecular weight excluding hydrogens is 327 g/mol. The maximum atomic E-state index is 13.0. The second-order valence-corrected chi connectivity index (χ2v) is 5.15. The number of hydrogen-bond donors (Lipinski definition) is 1. The van der Waals surface area contributed by atoms with Crippen LogP contribution in [0, 0.1) is 12.7 Å². The number of anilines is 1. The fourth-order valence-electron chi connectivity index (χ4n) is 1.80. The van der Waals surface area contributed by atoms with Gasteiger partial charge in [-0.3, -0.25) is 4.79 Å². The molecule has 0 aliphatic heterocycles. The van der Waals surface area contributed by atoms with E-state index in [0.29, 0.717) is 5.76 Å². The summed E-state index contributed by atoms with van der Waals surface area (Å²) >= 11 is 5.80. The summed E-state index contributed by atoms with van der Waals surface area (Å²) in [6.45, 7) is 3.36. The van der Waals surface area contributed by atoms with E-state index in [9.17, 15) is 14.0 Å². The van der Waals surface area contributed by atoms with Crippen molar-refractivity contribution in [3.8, 4) is 0 Å². The number of hydrogen-bond acceptors (Lipinski definition) is 5. The van der Waals surface area contributed by atoms with Crippen molar-refractivity contribution in [1.82, 2.24) is 5.16 Å². The lowest BCUT2D eigenvalue weighted by Gasteiger charge is -2.15. The molecule has 1 heterocycles. The molecule has 0 bridgehead atoms. The number of nitrogens with one attached hydrogen (secondary N) is 1. The molecule has 122 valence electrons. The zero-order valence-electron chi connectivity index (χ0n) is 12.4. The maximum Gasteiger partial charge on any atom is 0.340 e. The van der Waals surface area contributed by atoms with Gasteiger partial charge in [0.05, 0.1) is 10.6 Å². The summed E-state index contributed by atoms with van der Waals surface area (Å²) in [6, 6.07) is 4.81. The number of carbonyl (C=O) groups is 2. The van der Waals surface area contributed by atoms with Crippen LogP contribution in [-0.4, -0.2) is 23.1 Å². The number of carbonyl (C=O) groups excluding carboxylic acids is 2. The first-order valence-corrected chi connectivity index (χ1v) is 7.18. The summed E-state index contributed by atoms with van der Waals surface area (Å²) in [5, 5.41) is 6.02. The predicted octanol–water partition coefficient (Wildman–Crippen LogP) is 3.35. The van der Waals surface area contributed by atoms with Crippen LogP contribution < -0.4 is 5.32 Å². The minimum atomic E-state index is -1.04.